The van der Waals surface area contributed by atoms with Crippen LogP contribution in [0.5, 0.6) is 11.5 Å². The van der Waals surface area contributed by atoms with E-state index in [2.05, 4.69) is 31.4 Å². The summed E-state index contributed by atoms with van der Waals surface area (Å²) in [5.41, 5.74) is 4.62. The number of hydrogen-bond donors (Lipinski definition) is 1. The molecule has 0 fully saturated rings. The lowest BCUT2D eigenvalue weighted by atomic mass is 10.2. The smallest absolute Gasteiger partial charge is 0.136 e. The molecule has 0 radical (unpaired) electrons. The average molecular weight is 336 g/mol. The summed E-state index contributed by atoms with van der Waals surface area (Å²) in [4.78, 5) is 3.94. The van der Waals surface area contributed by atoms with Crippen LogP contribution >= 0.6 is 15.9 Å². The highest BCUT2D eigenvalue weighted by atomic mass is 79.9. The molecule has 5 nitrogen and oxygen atoms in total. The fraction of sp³-hybridized carbons (Fsp3) is 0.143. The van der Waals surface area contributed by atoms with E-state index in [-0.39, 0.29) is 0 Å². The predicted molar refractivity (Wildman–Crippen MR) is 82.7 cm³/mol. The van der Waals surface area contributed by atoms with Crippen molar-refractivity contribution in [1.29, 1.82) is 0 Å². The van der Waals surface area contributed by atoms with Gasteiger partial charge in [0, 0.05) is 24.0 Å². The van der Waals surface area contributed by atoms with Crippen LogP contribution in [0.15, 0.2) is 46.2 Å². The highest BCUT2D eigenvalue weighted by Gasteiger charge is 2.07. The molecule has 0 aliphatic heterocycles. The number of methoxy groups -OCH3 is 2. The number of benzene rings is 1. The zero-order valence-electron chi connectivity index (χ0n) is 11.1. The van der Waals surface area contributed by atoms with E-state index in [1.807, 2.05) is 18.2 Å². The molecule has 104 valence electrons. The first-order valence-corrected chi connectivity index (χ1v) is 6.64. The minimum atomic E-state index is 0.685. The van der Waals surface area contributed by atoms with Crippen molar-refractivity contribution in [2.45, 2.75) is 0 Å². The molecular formula is C14H14BrN3O2. The van der Waals surface area contributed by atoms with Crippen LogP contribution in [0.3, 0.4) is 0 Å². The molecule has 1 aromatic heterocycles. The zero-order valence-corrected chi connectivity index (χ0v) is 12.7. The van der Waals surface area contributed by atoms with Crippen molar-refractivity contribution in [2.75, 3.05) is 19.6 Å². The van der Waals surface area contributed by atoms with E-state index < -0.39 is 0 Å². The summed E-state index contributed by atoms with van der Waals surface area (Å²) in [7, 11) is 3.22. The summed E-state index contributed by atoms with van der Waals surface area (Å²) in [6.07, 6.45) is 5.08. The van der Waals surface area contributed by atoms with E-state index >= 15 is 0 Å². The fourth-order valence-corrected chi connectivity index (χ4v) is 2.11. The van der Waals surface area contributed by atoms with Gasteiger partial charge in [-0.05, 0) is 34.1 Å². The number of nitrogens with one attached hydrogen (secondary N) is 1. The first kappa shape index (κ1) is 14.3. The van der Waals surface area contributed by atoms with Gasteiger partial charge in [-0.3, -0.25) is 10.4 Å². The molecule has 0 saturated carbocycles. The molecule has 0 amide bonds. The molecule has 1 aromatic carbocycles. The lowest BCUT2D eigenvalue weighted by Gasteiger charge is -2.09. The number of anilines is 1. The maximum absolute atomic E-state index is 5.32. The molecule has 0 bridgehead atoms. The van der Waals surface area contributed by atoms with Crippen molar-refractivity contribution in [3.63, 3.8) is 0 Å². The SMILES string of the molecule is COc1cc(OC)c(/C=N/Nc2ccncc2)cc1Br. The normalized spacial score (nSPS) is 10.6. The highest BCUT2D eigenvalue weighted by Crippen LogP contribution is 2.31. The number of hydrogen-bond acceptors (Lipinski definition) is 5. The average Bonchev–Trinajstić information content (AvgIpc) is 2.48. The minimum absolute atomic E-state index is 0.685. The molecule has 1 N–H and O–H groups in total. The number of rotatable bonds is 5. The van der Waals surface area contributed by atoms with Crippen LogP contribution in [0.25, 0.3) is 0 Å². The van der Waals surface area contributed by atoms with Crippen molar-refractivity contribution < 1.29 is 9.47 Å². The number of halogens is 1. The summed E-state index contributed by atoms with van der Waals surface area (Å²) < 4.78 is 11.4. The Morgan fingerprint density at radius 3 is 2.50 bits per heavy atom. The number of ether oxygens (including phenoxy) is 2. The molecule has 0 unspecified atom stereocenters. The minimum Gasteiger partial charge on any atom is -0.496 e. The third-order valence-corrected chi connectivity index (χ3v) is 3.20. The molecule has 2 aromatic rings. The Morgan fingerprint density at radius 2 is 1.85 bits per heavy atom. The van der Waals surface area contributed by atoms with Crippen LogP contribution in [0, 0.1) is 0 Å². The molecule has 1 heterocycles. The van der Waals surface area contributed by atoms with Crippen molar-refractivity contribution in [2.24, 2.45) is 5.10 Å². The van der Waals surface area contributed by atoms with Crippen LogP contribution in [0.2, 0.25) is 0 Å². The van der Waals surface area contributed by atoms with Gasteiger partial charge >= 0.3 is 0 Å². The quantitative estimate of drug-likeness (QED) is 0.672. The van der Waals surface area contributed by atoms with Crippen molar-refractivity contribution in [3.05, 3.63) is 46.7 Å². The maximum Gasteiger partial charge on any atom is 0.136 e. The number of hydrazone groups is 1. The van der Waals surface area contributed by atoms with Gasteiger partial charge in [0.2, 0.25) is 0 Å². The second-order valence-corrected chi connectivity index (χ2v) is 4.69. The molecule has 0 saturated heterocycles. The summed E-state index contributed by atoms with van der Waals surface area (Å²) in [6.45, 7) is 0. The first-order chi connectivity index (χ1) is 9.74. The Morgan fingerprint density at radius 1 is 1.15 bits per heavy atom. The Labute approximate surface area is 125 Å². The second kappa shape index (κ2) is 6.91. The maximum atomic E-state index is 5.32. The third kappa shape index (κ3) is 3.48. The summed E-state index contributed by atoms with van der Waals surface area (Å²) >= 11 is 3.44. The van der Waals surface area contributed by atoms with E-state index in [1.165, 1.54) is 0 Å². The van der Waals surface area contributed by atoms with Gasteiger partial charge in [-0.2, -0.15) is 5.10 Å². The Hall–Kier alpha value is -2.08. The number of aromatic nitrogens is 1. The highest BCUT2D eigenvalue weighted by molar-refractivity contribution is 9.10. The molecule has 6 heteroatoms. The summed E-state index contributed by atoms with van der Waals surface area (Å²) in [5.74, 6) is 1.39. The van der Waals surface area contributed by atoms with Gasteiger partial charge < -0.3 is 9.47 Å². The van der Waals surface area contributed by atoms with Gasteiger partial charge in [0.1, 0.15) is 11.5 Å². The summed E-state index contributed by atoms with van der Waals surface area (Å²) in [5, 5.41) is 4.17. The zero-order chi connectivity index (χ0) is 14.4. The Balaban J connectivity index is 2.18. The van der Waals surface area contributed by atoms with Crippen molar-refractivity contribution in [1.82, 2.24) is 4.98 Å². The van der Waals surface area contributed by atoms with E-state index in [1.54, 1.807) is 38.9 Å². The monoisotopic (exact) mass is 335 g/mol. The van der Waals surface area contributed by atoms with Gasteiger partial charge in [-0.25, -0.2) is 0 Å². The summed E-state index contributed by atoms with van der Waals surface area (Å²) in [6, 6.07) is 7.35. The van der Waals surface area contributed by atoms with Gasteiger partial charge in [0.25, 0.3) is 0 Å². The molecular weight excluding hydrogens is 322 g/mol. The number of pyridine rings is 1. The van der Waals surface area contributed by atoms with Crippen molar-refractivity contribution in [3.8, 4) is 11.5 Å². The van der Waals surface area contributed by atoms with Crippen LogP contribution in [0.1, 0.15) is 5.56 Å². The third-order valence-electron chi connectivity index (χ3n) is 2.58. The van der Waals surface area contributed by atoms with Crippen LogP contribution < -0.4 is 14.9 Å². The van der Waals surface area contributed by atoms with Gasteiger partial charge in [-0.1, -0.05) is 0 Å². The lowest BCUT2D eigenvalue weighted by Crippen LogP contribution is -1.96. The van der Waals surface area contributed by atoms with Crippen molar-refractivity contribution >= 4 is 27.8 Å². The molecule has 0 atom stereocenters. The molecule has 0 aliphatic carbocycles. The molecule has 0 spiro atoms. The topological polar surface area (TPSA) is 55.7 Å². The largest absolute Gasteiger partial charge is 0.496 e. The molecule has 2 rings (SSSR count). The standard InChI is InChI=1S/C14H14BrN3O2/c1-19-13-8-14(20-2)12(15)7-10(13)9-17-18-11-3-5-16-6-4-11/h3-9H,1-2H3,(H,16,18)/b17-9+. The van der Waals surface area contributed by atoms with Crippen LogP contribution in [-0.2, 0) is 0 Å². The number of nitrogens with zero attached hydrogens (tertiary/aromatic N) is 2. The fourth-order valence-electron chi connectivity index (χ4n) is 1.59. The second-order valence-electron chi connectivity index (χ2n) is 3.83. The molecule has 20 heavy (non-hydrogen) atoms. The van der Waals surface area contributed by atoms with Crippen LogP contribution in [-0.4, -0.2) is 25.4 Å². The first-order valence-electron chi connectivity index (χ1n) is 5.85. The van der Waals surface area contributed by atoms with Gasteiger partial charge in [0.05, 0.1) is 30.6 Å². The van der Waals surface area contributed by atoms with Gasteiger partial charge in [0.15, 0.2) is 0 Å². The Kier molecular flexibility index (Phi) is 4.95. The van der Waals surface area contributed by atoms with E-state index in [9.17, 15) is 0 Å². The Bertz CT molecular complexity index is 603. The van der Waals surface area contributed by atoms with E-state index in [0.29, 0.717) is 11.5 Å². The molecule has 0 aliphatic rings. The van der Waals surface area contributed by atoms with Gasteiger partial charge in [-0.15, -0.1) is 0 Å². The van der Waals surface area contributed by atoms with E-state index in [4.69, 9.17) is 9.47 Å². The van der Waals surface area contributed by atoms with E-state index in [0.717, 1.165) is 15.7 Å². The predicted octanol–water partition coefficient (Wildman–Crippen LogP) is 3.31. The lowest BCUT2D eigenvalue weighted by molar-refractivity contribution is 0.392. The van der Waals surface area contributed by atoms with Crippen LogP contribution in [0.4, 0.5) is 5.69 Å².